The predicted octanol–water partition coefficient (Wildman–Crippen LogP) is 3.22. The van der Waals surface area contributed by atoms with Gasteiger partial charge in [-0.25, -0.2) is 4.98 Å². The Morgan fingerprint density at radius 3 is 3.00 bits per heavy atom. The Morgan fingerprint density at radius 1 is 1.45 bits per heavy atom. The lowest BCUT2D eigenvalue weighted by Crippen LogP contribution is -2.03. The first-order valence-corrected chi connectivity index (χ1v) is 7.37. The molecule has 0 saturated carbocycles. The van der Waals surface area contributed by atoms with E-state index in [1.165, 1.54) is 4.48 Å². The zero-order valence-electron chi connectivity index (χ0n) is 11.5. The van der Waals surface area contributed by atoms with E-state index in [9.17, 15) is 5.11 Å². The van der Waals surface area contributed by atoms with Crippen LogP contribution in [0.15, 0.2) is 22.9 Å². The van der Waals surface area contributed by atoms with Gasteiger partial charge in [0.2, 0.25) is 0 Å². The Labute approximate surface area is 126 Å². The van der Waals surface area contributed by atoms with Gasteiger partial charge in [0.25, 0.3) is 0 Å². The molecule has 1 aliphatic carbocycles. The Bertz CT molecular complexity index is 690. The number of fused-ring (bicyclic) bond motifs is 1. The summed E-state index contributed by atoms with van der Waals surface area (Å²) in [6.07, 6.45) is 6.58. The van der Waals surface area contributed by atoms with Crippen LogP contribution in [0, 0.1) is 0 Å². The first-order chi connectivity index (χ1) is 9.60. The third-order valence-electron chi connectivity index (χ3n) is 3.66. The molecule has 0 bridgehead atoms. The number of hydrogen-bond acceptors (Lipinski definition) is 3. The molecule has 0 amide bonds. The number of rotatable bonds is 2. The van der Waals surface area contributed by atoms with Crippen LogP contribution in [0.25, 0.3) is 17.5 Å². The van der Waals surface area contributed by atoms with Crippen molar-refractivity contribution in [3.63, 3.8) is 0 Å². The maximum absolute atomic E-state index is 9.23. The molecule has 2 aromatic heterocycles. The summed E-state index contributed by atoms with van der Waals surface area (Å²) in [5.41, 5.74) is 4.00. The topological polar surface area (TPSA) is 50.9 Å². The molecular weight excluding hydrogens is 318 g/mol. The smallest absolute Gasteiger partial charge is 0.142 e. The fourth-order valence-electron chi connectivity index (χ4n) is 2.62. The van der Waals surface area contributed by atoms with Crippen molar-refractivity contribution in [3.05, 3.63) is 39.9 Å². The second-order valence-electron chi connectivity index (χ2n) is 5.20. The summed E-state index contributed by atoms with van der Waals surface area (Å²) in [6.45, 7) is 2.18. The molecule has 104 valence electrons. The van der Waals surface area contributed by atoms with Gasteiger partial charge in [-0.2, -0.15) is 0 Å². The van der Waals surface area contributed by atoms with E-state index in [2.05, 4.69) is 38.5 Å². The molecule has 2 aromatic rings. The minimum Gasteiger partial charge on any atom is -0.392 e. The molecule has 2 heterocycles. The van der Waals surface area contributed by atoms with Crippen molar-refractivity contribution >= 4 is 22.0 Å². The van der Waals surface area contributed by atoms with Crippen molar-refractivity contribution in [2.45, 2.75) is 25.9 Å². The average molecular weight is 334 g/mol. The molecular formula is C15H16BrN3O. The molecule has 5 heteroatoms. The van der Waals surface area contributed by atoms with Crippen LogP contribution < -0.4 is 0 Å². The Hall–Kier alpha value is -1.46. The van der Waals surface area contributed by atoms with Gasteiger partial charge >= 0.3 is 0 Å². The number of pyridine rings is 1. The lowest BCUT2D eigenvalue weighted by molar-refractivity contribution is 0.281. The summed E-state index contributed by atoms with van der Waals surface area (Å²) >= 11 is 3.60. The Morgan fingerprint density at radius 2 is 2.25 bits per heavy atom. The number of aromatic nitrogens is 3. The summed E-state index contributed by atoms with van der Waals surface area (Å²) in [5, 5.41) is 9.23. The summed E-state index contributed by atoms with van der Waals surface area (Å²) in [6, 6.07) is 1.93. The van der Waals surface area contributed by atoms with Gasteiger partial charge in [0.1, 0.15) is 5.82 Å². The van der Waals surface area contributed by atoms with Gasteiger partial charge in [0, 0.05) is 30.9 Å². The van der Waals surface area contributed by atoms with Gasteiger partial charge in [-0.05, 0) is 28.6 Å². The van der Waals surface area contributed by atoms with E-state index in [1.54, 1.807) is 12.4 Å². The second-order valence-corrected chi connectivity index (χ2v) is 6.22. The summed E-state index contributed by atoms with van der Waals surface area (Å²) < 4.78 is 3.29. The van der Waals surface area contributed by atoms with Crippen molar-refractivity contribution < 1.29 is 5.11 Å². The van der Waals surface area contributed by atoms with Crippen LogP contribution in [-0.4, -0.2) is 19.6 Å². The molecule has 0 saturated heterocycles. The fraction of sp³-hybridized carbons (Fsp3) is 0.333. The molecule has 3 rings (SSSR count). The maximum Gasteiger partial charge on any atom is 0.142 e. The summed E-state index contributed by atoms with van der Waals surface area (Å²) in [5.74, 6) is 1.29. The van der Waals surface area contributed by atoms with Crippen LogP contribution in [0.4, 0.5) is 0 Å². The summed E-state index contributed by atoms with van der Waals surface area (Å²) in [7, 11) is 2.02. The molecule has 0 radical (unpaired) electrons. The number of aliphatic hydroxyl groups is 1. The molecule has 0 spiro atoms. The van der Waals surface area contributed by atoms with Crippen molar-refractivity contribution in [1.29, 1.82) is 0 Å². The van der Waals surface area contributed by atoms with Gasteiger partial charge < -0.3 is 9.67 Å². The standard InChI is InChI=1S/C15H16BrN3O/c1-9-3-12(16)5-13-14(9)18-15(19(13)2)11-4-10(8-20)6-17-7-11/h4-7,9,20H,3,8H2,1-2H3/t9-/m1/s1. The zero-order valence-corrected chi connectivity index (χ0v) is 13.1. The number of aliphatic hydroxyl groups excluding tert-OH is 1. The minimum atomic E-state index is -0.00711. The van der Waals surface area contributed by atoms with E-state index in [0.29, 0.717) is 5.92 Å². The van der Waals surface area contributed by atoms with E-state index in [0.717, 1.165) is 34.8 Å². The van der Waals surface area contributed by atoms with Gasteiger partial charge in [-0.1, -0.05) is 22.9 Å². The first kappa shape index (κ1) is 13.5. The summed E-state index contributed by atoms with van der Waals surface area (Å²) in [4.78, 5) is 8.96. The highest BCUT2D eigenvalue weighted by Gasteiger charge is 2.23. The lowest BCUT2D eigenvalue weighted by atomic mass is 9.97. The fourth-order valence-corrected chi connectivity index (χ4v) is 3.32. The third-order valence-corrected chi connectivity index (χ3v) is 4.22. The van der Waals surface area contributed by atoms with Crippen molar-refractivity contribution in [2.75, 3.05) is 0 Å². The highest BCUT2D eigenvalue weighted by Crippen LogP contribution is 2.37. The normalized spacial score (nSPS) is 17.8. The van der Waals surface area contributed by atoms with Gasteiger partial charge in [0.05, 0.1) is 18.0 Å². The predicted molar refractivity (Wildman–Crippen MR) is 82.3 cm³/mol. The van der Waals surface area contributed by atoms with Crippen LogP contribution in [0.1, 0.15) is 36.2 Å². The van der Waals surface area contributed by atoms with E-state index >= 15 is 0 Å². The highest BCUT2D eigenvalue weighted by atomic mass is 79.9. The quantitative estimate of drug-likeness (QED) is 0.917. The van der Waals surface area contributed by atoms with Crippen LogP contribution in [0.2, 0.25) is 0 Å². The lowest BCUT2D eigenvalue weighted by Gasteiger charge is -2.15. The van der Waals surface area contributed by atoms with Gasteiger partial charge in [0.15, 0.2) is 0 Å². The first-order valence-electron chi connectivity index (χ1n) is 6.58. The van der Waals surface area contributed by atoms with Crippen molar-refractivity contribution in [1.82, 2.24) is 14.5 Å². The van der Waals surface area contributed by atoms with Gasteiger partial charge in [-0.15, -0.1) is 0 Å². The number of imidazole rings is 1. The molecule has 4 nitrogen and oxygen atoms in total. The second kappa shape index (κ2) is 5.14. The van der Waals surface area contributed by atoms with Crippen molar-refractivity contribution in [2.24, 2.45) is 7.05 Å². The number of nitrogens with zero attached hydrogens (tertiary/aromatic N) is 3. The third kappa shape index (κ3) is 2.21. The molecule has 0 aliphatic heterocycles. The van der Waals surface area contributed by atoms with E-state index in [1.807, 2.05) is 13.1 Å². The SMILES string of the molecule is C[C@@H]1CC(Br)=Cc2c1nc(-c1cncc(CO)c1)n2C. The van der Waals surface area contributed by atoms with Crippen LogP contribution in [0.5, 0.6) is 0 Å². The van der Waals surface area contributed by atoms with Crippen LogP contribution >= 0.6 is 15.9 Å². The molecule has 0 unspecified atom stereocenters. The minimum absolute atomic E-state index is 0.00711. The van der Waals surface area contributed by atoms with E-state index < -0.39 is 0 Å². The van der Waals surface area contributed by atoms with Crippen LogP contribution in [0.3, 0.4) is 0 Å². The largest absolute Gasteiger partial charge is 0.392 e. The maximum atomic E-state index is 9.23. The van der Waals surface area contributed by atoms with E-state index in [4.69, 9.17) is 4.98 Å². The van der Waals surface area contributed by atoms with Gasteiger partial charge in [-0.3, -0.25) is 4.98 Å². The number of hydrogen-bond donors (Lipinski definition) is 1. The number of allylic oxidation sites excluding steroid dienone is 1. The molecule has 1 N–H and O–H groups in total. The molecule has 1 aliphatic rings. The molecule has 20 heavy (non-hydrogen) atoms. The molecule has 0 aromatic carbocycles. The zero-order chi connectivity index (χ0) is 14.3. The molecule has 0 fully saturated rings. The molecule has 1 atom stereocenters. The highest BCUT2D eigenvalue weighted by molar-refractivity contribution is 9.11. The number of halogens is 1. The average Bonchev–Trinajstić information content (AvgIpc) is 2.77. The van der Waals surface area contributed by atoms with Crippen LogP contribution in [-0.2, 0) is 13.7 Å². The van der Waals surface area contributed by atoms with Crippen molar-refractivity contribution in [3.8, 4) is 11.4 Å². The Kier molecular flexibility index (Phi) is 3.48. The Balaban J connectivity index is 2.14. The van der Waals surface area contributed by atoms with E-state index in [-0.39, 0.29) is 6.61 Å². The monoisotopic (exact) mass is 333 g/mol.